The topological polar surface area (TPSA) is 66.5 Å². The van der Waals surface area contributed by atoms with Crippen molar-refractivity contribution in [2.24, 2.45) is 5.92 Å². The van der Waals surface area contributed by atoms with Crippen LogP contribution in [0.4, 0.5) is 13.2 Å². The molecular weight excluding hydrogens is 345 g/mol. The zero-order chi connectivity index (χ0) is 18.4. The molecule has 0 saturated heterocycles. The Bertz CT molecular complexity index is 631. The molecule has 1 amide bonds. The number of carbonyl (C=O) groups is 1. The van der Waals surface area contributed by atoms with Crippen LogP contribution in [-0.4, -0.2) is 37.8 Å². The molecule has 1 aromatic rings. The fourth-order valence-electron chi connectivity index (χ4n) is 2.03. The number of nitrogens with zero attached hydrogens (tertiary/aromatic N) is 1. The normalized spacial score (nSPS) is 12.4. The van der Waals surface area contributed by atoms with Crippen molar-refractivity contribution >= 4 is 15.9 Å². The molecule has 0 heterocycles. The number of amides is 1. The number of carbonyl (C=O) groups excluding carboxylic acids is 1. The van der Waals surface area contributed by atoms with Gasteiger partial charge in [-0.25, -0.2) is 13.1 Å². The Morgan fingerprint density at radius 3 is 2.29 bits per heavy atom. The Kier molecular flexibility index (Phi) is 7.22. The molecule has 0 bridgehead atoms. The lowest BCUT2D eigenvalue weighted by molar-refractivity contribution is -0.132. The molecule has 0 spiro atoms. The molecule has 0 saturated carbocycles. The van der Waals surface area contributed by atoms with Gasteiger partial charge in [-0.05, 0) is 11.5 Å². The monoisotopic (exact) mass is 366 g/mol. The van der Waals surface area contributed by atoms with E-state index < -0.39 is 28.0 Å². The molecule has 1 rings (SSSR count). The van der Waals surface area contributed by atoms with E-state index in [0.29, 0.717) is 13.1 Å². The maximum Gasteiger partial charge on any atom is 0.511 e. The highest BCUT2D eigenvalue weighted by molar-refractivity contribution is 7.90. The third-order valence-electron chi connectivity index (χ3n) is 3.09. The second kappa shape index (κ2) is 8.48. The van der Waals surface area contributed by atoms with Crippen LogP contribution in [0.2, 0.25) is 0 Å². The summed E-state index contributed by atoms with van der Waals surface area (Å²) < 4.78 is 59.9. The van der Waals surface area contributed by atoms with Crippen LogP contribution in [0.25, 0.3) is 0 Å². The second-order valence-corrected chi connectivity index (χ2v) is 7.51. The highest BCUT2D eigenvalue weighted by atomic mass is 32.2. The number of rotatable bonds is 8. The highest BCUT2D eigenvalue weighted by Gasteiger charge is 2.45. The number of hydrogen-bond donors (Lipinski definition) is 1. The van der Waals surface area contributed by atoms with E-state index in [1.807, 2.05) is 44.2 Å². The zero-order valence-electron chi connectivity index (χ0n) is 13.5. The van der Waals surface area contributed by atoms with Crippen LogP contribution >= 0.6 is 0 Å². The van der Waals surface area contributed by atoms with Gasteiger partial charge in [-0.2, -0.15) is 13.2 Å². The van der Waals surface area contributed by atoms with Gasteiger partial charge in [0, 0.05) is 26.1 Å². The summed E-state index contributed by atoms with van der Waals surface area (Å²) >= 11 is 0. The zero-order valence-corrected chi connectivity index (χ0v) is 14.3. The first-order valence-electron chi connectivity index (χ1n) is 7.40. The molecule has 1 aromatic carbocycles. The van der Waals surface area contributed by atoms with Crippen molar-refractivity contribution in [2.45, 2.75) is 32.3 Å². The average molecular weight is 366 g/mol. The van der Waals surface area contributed by atoms with Gasteiger partial charge in [-0.15, -0.1) is 0 Å². The molecule has 0 aliphatic heterocycles. The predicted octanol–water partition coefficient (Wildman–Crippen LogP) is 2.50. The Hall–Kier alpha value is -1.61. The summed E-state index contributed by atoms with van der Waals surface area (Å²) in [5.74, 6) is -0.234. The standard InChI is InChI=1S/C15H21F3N2O3S/c1-12(2)10-20(11-13-6-4-3-5-7-13)14(21)8-9-19-24(22,23)15(16,17)18/h3-7,12,19H,8-11H2,1-2H3. The quantitative estimate of drug-likeness (QED) is 0.769. The molecule has 5 nitrogen and oxygen atoms in total. The Morgan fingerprint density at radius 2 is 1.79 bits per heavy atom. The van der Waals surface area contributed by atoms with Gasteiger partial charge in [0.2, 0.25) is 5.91 Å². The number of benzene rings is 1. The summed E-state index contributed by atoms with van der Waals surface area (Å²) in [4.78, 5) is 13.7. The summed E-state index contributed by atoms with van der Waals surface area (Å²) in [7, 11) is -5.42. The van der Waals surface area contributed by atoms with Crippen molar-refractivity contribution < 1.29 is 26.4 Å². The fraction of sp³-hybridized carbons (Fsp3) is 0.533. The van der Waals surface area contributed by atoms with E-state index in [2.05, 4.69) is 0 Å². The van der Waals surface area contributed by atoms with Gasteiger partial charge in [0.15, 0.2) is 0 Å². The van der Waals surface area contributed by atoms with E-state index >= 15 is 0 Å². The van der Waals surface area contributed by atoms with Crippen LogP contribution in [0.1, 0.15) is 25.8 Å². The minimum atomic E-state index is -5.42. The summed E-state index contributed by atoms with van der Waals surface area (Å²) in [5.41, 5.74) is -4.49. The van der Waals surface area contributed by atoms with Gasteiger partial charge in [-0.3, -0.25) is 4.79 Å². The molecule has 0 unspecified atom stereocenters. The van der Waals surface area contributed by atoms with Crippen molar-refractivity contribution in [3.05, 3.63) is 35.9 Å². The molecule has 0 radical (unpaired) electrons. The Morgan fingerprint density at radius 1 is 1.21 bits per heavy atom. The lowest BCUT2D eigenvalue weighted by Gasteiger charge is -2.25. The molecule has 0 fully saturated rings. The van der Waals surface area contributed by atoms with Gasteiger partial charge < -0.3 is 4.90 Å². The van der Waals surface area contributed by atoms with E-state index in [1.54, 1.807) is 0 Å². The van der Waals surface area contributed by atoms with Crippen LogP contribution in [0.5, 0.6) is 0 Å². The van der Waals surface area contributed by atoms with Gasteiger partial charge in [0.25, 0.3) is 0 Å². The van der Waals surface area contributed by atoms with Crippen LogP contribution < -0.4 is 4.72 Å². The third-order valence-corrected chi connectivity index (χ3v) is 4.28. The molecule has 0 aliphatic carbocycles. The molecule has 9 heteroatoms. The largest absolute Gasteiger partial charge is 0.511 e. The Balaban J connectivity index is 2.65. The molecule has 136 valence electrons. The third kappa shape index (κ3) is 6.48. The molecular formula is C15H21F3N2O3S. The summed E-state index contributed by atoms with van der Waals surface area (Å²) in [6, 6.07) is 9.17. The fourth-order valence-corrected chi connectivity index (χ4v) is 2.57. The minimum Gasteiger partial charge on any atom is -0.338 e. The van der Waals surface area contributed by atoms with Crippen molar-refractivity contribution in [3.63, 3.8) is 0 Å². The van der Waals surface area contributed by atoms with E-state index in [1.165, 1.54) is 9.62 Å². The van der Waals surface area contributed by atoms with Crippen molar-refractivity contribution in [2.75, 3.05) is 13.1 Å². The summed E-state index contributed by atoms with van der Waals surface area (Å²) in [6.45, 7) is 3.99. The van der Waals surface area contributed by atoms with Gasteiger partial charge in [0.1, 0.15) is 0 Å². The van der Waals surface area contributed by atoms with Crippen LogP contribution in [-0.2, 0) is 21.4 Å². The second-order valence-electron chi connectivity index (χ2n) is 5.75. The highest BCUT2D eigenvalue weighted by Crippen LogP contribution is 2.21. The summed E-state index contributed by atoms with van der Waals surface area (Å²) in [5, 5.41) is 0. The maximum absolute atomic E-state index is 12.2. The Labute approximate surface area is 139 Å². The number of alkyl halides is 3. The van der Waals surface area contributed by atoms with Gasteiger partial charge in [0.05, 0.1) is 0 Å². The van der Waals surface area contributed by atoms with E-state index in [4.69, 9.17) is 0 Å². The predicted molar refractivity (Wildman–Crippen MR) is 84.3 cm³/mol. The van der Waals surface area contributed by atoms with Gasteiger partial charge in [-0.1, -0.05) is 44.2 Å². The SMILES string of the molecule is CC(C)CN(Cc1ccccc1)C(=O)CCNS(=O)(=O)C(F)(F)F. The number of hydrogen-bond acceptors (Lipinski definition) is 3. The molecule has 24 heavy (non-hydrogen) atoms. The van der Waals surface area contributed by atoms with Crippen molar-refractivity contribution in [3.8, 4) is 0 Å². The lowest BCUT2D eigenvalue weighted by atomic mass is 10.1. The number of sulfonamides is 1. The van der Waals surface area contributed by atoms with Crippen LogP contribution in [0, 0.1) is 5.92 Å². The molecule has 0 aliphatic rings. The lowest BCUT2D eigenvalue weighted by Crippen LogP contribution is -2.40. The first-order chi connectivity index (χ1) is 11.0. The average Bonchev–Trinajstić information content (AvgIpc) is 2.45. The van der Waals surface area contributed by atoms with Crippen molar-refractivity contribution in [1.82, 2.24) is 9.62 Å². The van der Waals surface area contributed by atoms with E-state index in [0.717, 1.165) is 5.56 Å². The first kappa shape index (κ1) is 20.4. The minimum absolute atomic E-state index is 0.171. The van der Waals surface area contributed by atoms with E-state index in [-0.39, 0.29) is 12.3 Å². The van der Waals surface area contributed by atoms with Crippen molar-refractivity contribution in [1.29, 1.82) is 0 Å². The first-order valence-corrected chi connectivity index (χ1v) is 8.89. The smallest absolute Gasteiger partial charge is 0.338 e. The van der Waals surface area contributed by atoms with Gasteiger partial charge >= 0.3 is 15.5 Å². The van der Waals surface area contributed by atoms with Crippen LogP contribution in [0.3, 0.4) is 0 Å². The molecule has 0 atom stereocenters. The number of nitrogens with one attached hydrogen (secondary N) is 1. The number of halogens is 3. The molecule has 0 aromatic heterocycles. The maximum atomic E-state index is 12.2. The van der Waals surface area contributed by atoms with E-state index in [9.17, 15) is 26.4 Å². The molecule has 1 N–H and O–H groups in total. The summed E-state index contributed by atoms with van der Waals surface area (Å²) in [6.07, 6.45) is -0.338. The van der Waals surface area contributed by atoms with Crippen LogP contribution in [0.15, 0.2) is 30.3 Å².